The van der Waals surface area contributed by atoms with Gasteiger partial charge in [-0.2, -0.15) is 0 Å². The van der Waals surface area contributed by atoms with Crippen molar-refractivity contribution in [2.45, 2.75) is 45.3 Å². The van der Waals surface area contributed by atoms with Crippen molar-refractivity contribution in [3.8, 4) is 0 Å². The van der Waals surface area contributed by atoms with E-state index in [1.54, 1.807) is 24.2 Å². The standard InChI is InChI=1S/C16H23NO5/c1-2-20-16(19)8-7-15(18)17(11-13-5-3-9-21-13)12-14-6-4-10-22-14/h3,5,9,14H,2,4,6-8,10-12H2,1H3. The molecule has 0 spiro atoms. The summed E-state index contributed by atoms with van der Waals surface area (Å²) in [7, 11) is 0. The van der Waals surface area contributed by atoms with Crippen molar-refractivity contribution >= 4 is 11.9 Å². The molecule has 6 nitrogen and oxygen atoms in total. The highest BCUT2D eigenvalue weighted by molar-refractivity contribution is 5.81. The Labute approximate surface area is 130 Å². The molecule has 2 rings (SSSR count). The average Bonchev–Trinajstić information content (AvgIpc) is 3.18. The van der Waals surface area contributed by atoms with E-state index in [2.05, 4.69) is 0 Å². The van der Waals surface area contributed by atoms with E-state index >= 15 is 0 Å². The van der Waals surface area contributed by atoms with Crippen LogP contribution < -0.4 is 0 Å². The zero-order valence-electron chi connectivity index (χ0n) is 13.0. The average molecular weight is 309 g/mol. The third-order valence-electron chi connectivity index (χ3n) is 3.58. The minimum Gasteiger partial charge on any atom is -0.467 e. The number of esters is 1. The Morgan fingerprint density at radius 1 is 1.41 bits per heavy atom. The normalized spacial score (nSPS) is 17.4. The summed E-state index contributed by atoms with van der Waals surface area (Å²) in [5.41, 5.74) is 0. The second kappa shape index (κ2) is 8.58. The number of carbonyl (C=O) groups excluding carboxylic acids is 2. The molecule has 1 atom stereocenters. The van der Waals surface area contributed by atoms with E-state index in [-0.39, 0.29) is 30.8 Å². The number of rotatable bonds is 8. The van der Waals surface area contributed by atoms with Crippen molar-refractivity contribution in [1.82, 2.24) is 4.90 Å². The second-order valence-electron chi connectivity index (χ2n) is 5.29. The maximum Gasteiger partial charge on any atom is 0.306 e. The van der Waals surface area contributed by atoms with E-state index < -0.39 is 0 Å². The molecule has 0 bridgehead atoms. The van der Waals surface area contributed by atoms with Gasteiger partial charge in [0.05, 0.1) is 31.9 Å². The van der Waals surface area contributed by atoms with Crippen LogP contribution in [0.25, 0.3) is 0 Å². The molecule has 1 unspecified atom stereocenters. The van der Waals surface area contributed by atoms with Crippen molar-refractivity contribution in [3.63, 3.8) is 0 Å². The number of hydrogen-bond acceptors (Lipinski definition) is 5. The van der Waals surface area contributed by atoms with Gasteiger partial charge in [0.1, 0.15) is 5.76 Å². The highest BCUT2D eigenvalue weighted by Crippen LogP contribution is 2.16. The molecule has 6 heteroatoms. The Morgan fingerprint density at radius 2 is 2.27 bits per heavy atom. The van der Waals surface area contributed by atoms with Crippen molar-refractivity contribution < 1.29 is 23.5 Å². The van der Waals surface area contributed by atoms with Crippen LogP contribution in [0.2, 0.25) is 0 Å². The van der Waals surface area contributed by atoms with Crippen molar-refractivity contribution in [1.29, 1.82) is 0 Å². The van der Waals surface area contributed by atoms with Crippen molar-refractivity contribution in [2.75, 3.05) is 19.8 Å². The fourth-order valence-corrected chi connectivity index (χ4v) is 2.48. The number of furan rings is 1. The molecule has 1 aliphatic rings. The maximum absolute atomic E-state index is 12.4. The van der Waals surface area contributed by atoms with Gasteiger partial charge in [0, 0.05) is 19.6 Å². The van der Waals surface area contributed by atoms with Gasteiger partial charge < -0.3 is 18.8 Å². The van der Waals surface area contributed by atoms with Gasteiger partial charge in [0.2, 0.25) is 5.91 Å². The van der Waals surface area contributed by atoms with Gasteiger partial charge in [0.15, 0.2) is 0 Å². The summed E-state index contributed by atoms with van der Waals surface area (Å²) < 4.78 is 15.8. The molecule has 1 amide bonds. The van der Waals surface area contributed by atoms with Crippen LogP contribution in [0.4, 0.5) is 0 Å². The molecule has 0 aromatic carbocycles. The third-order valence-corrected chi connectivity index (χ3v) is 3.58. The van der Waals surface area contributed by atoms with Gasteiger partial charge in [-0.1, -0.05) is 0 Å². The Hall–Kier alpha value is -1.82. The fourth-order valence-electron chi connectivity index (χ4n) is 2.48. The molecule has 2 heterocycles. The number of carbonyl (C=O) groups is 2. The number of nitrogens with zero attached hydrogens (tertiary/aromatic N) is 1. The Morgan fingerprint density at radius 3 is 2.91 bits per heavy atom. The topological polar surface area (TPSA) is 69.0 Å². The summed E-state index contributed by atoms with van der Waals surface area (Å²) in [5, 5.41) is 0. The number of ether oxygens (including phenoxy) is 2. The molecule has 1 saturated heterocycles. The Kier molecular flexibility index (Phi) is 6.45. The first-order chi connectivity index (χ1) is 10.7. The molecule has 0 saturated carbocycles. The molecule has 1 aliphatic heterocycles. The summed E-state index contributed by atoms with van der Waals surface area (Å²) in [6, 6.07) is 3.63. The summed E-state index contributed by atoms with van der Waals surface area (Å²) in [4.78, 5) is 25.5. The van der Waals surface area contributed by atoms with E-state index in [1.807, 2.05) is 6.07 Å². The van der Waals surface area contributed by atoms with Crippen LogP contribution in [0.5, 0.6) is 0 Å². The fraction of sp³-hybridized carbons (Fsp3) is 0.625. The lowest BCUT2D eigenvalue weighted by molar-refractivity contribution is -0.146. The lowest BCUT2D eigenvalue weighted by Crippen LogP contribution is -2.37. The molecule has 122 valence electrons. The molecule has 1 aromatic heterocycles. The van der Waals surface area contributed by atoms with E-state index in [0.717, 1.165) is 25.2 Å². The first-order valence-electron chi connectivity index (χ1n) is 7.76. The lowest BCUT2D eigenvalue weighted by Gasteiger charge is -2.24. The third kappa shape index (κ3) is 5.18. The van der Waals surface area contributed by atoms with Gasteiger partial charge in [-0.3, -0.25) is 9.59 Å². The van der Waals surface area contributed by atoms with Crippen LogP contribution in [-0.4, -0.2) is 42.6 Å². The van der Waals surface area contributed by atoms with Gasteiger partial charge >= 0.3 is 5.97 Å². The summed E-state index contributed by atoms with van der Waals surface area (Å²) >= 11 is 0. The lowest BCUT2D eigenvalue weighted by atomic mass is 10.2. The first kappa shape index (κ1) is 16.5. The first-order valence-corrected chi connectivity index (χ1v) is 7.76. The molecule has 1 aromatic rings. The SMILES string of the molecule is CCOC(=O)CCC(=O)N(Cc1ccco1)CC1CCCO1. The van der Waals surface area contributed by atoms with E-state index in [1.165, 1.54) is 0 Å². The highest BCUT2D eigenvalue weighted by Gasteiger charge is 2.23. The van der Waals surface area contributed by atoms with Crippen LogP contribution in [0.1, 0.15) is 38.4 Å². The largest absolute Gasteiger partial charge is 0.467 e. The van der Waals surface area contributed by atoms with Gasteiger partial charge in [-0.05, 0) is 31.9 Å². The minimum absolute atomic E-state index is 0.0708. The number of hydrogen-bond donors (Lipinski definition) is 0. The van der Waals surface area contributed by atoms with Crippen LogP contribution in [0, 0.1) is 0 Å². The van der Waals surface area contributed by atoms with E-state index in [9.17, 15) is 9.59 Å². The predicted octanol–water partition coefficient (Wildman–Crippen LogP) is 2.13. The van der Waals surface area contributed by atoms with E-state index in [0.29, 0.717) is 19.7 Å². The quantitative estimate of drug-likeness (QED) is 0.688. The maximum atomic E-state index is 12.4. The van der Waals surface area contributed by atoms with Crippen LogP contribution in [0.15, 0.2) is 22.8 Å². The molecule has 0 N–H and O–H groups in total. The summed E-state index contributed by atoms with van der Waals surface area (Å²) in [6.45, 7) is 3.76. The van der Waals surface area contributed by atoms with Crippen molar-refractivity contribution in [3.05, 3.63) is 24.2 Å². The molecular weight excluding hydrogens is 286 g/mol. The Balaban J connectivity index is 1.89. The van der Waals surface area contributed by atoms with Crippen molar-refractivity contribution in [2.24, 2.45) is 0 Å². The molecular formula is C16H23NO5. The summed E-state index contributed by atoms with van der Waals surface area (Å²) in [5.74, 6) is 0.299. The van der Waals surface area contributed by atoms with Gasteiger partial charge in [0.25, 0.3) is 0 Å². The molecule has 0 radical (unpaired) electrons. The smallest absolute Gasteiger partial charge is 0.306 e. The monoisotopic (exact) mass is 309 g/mol. The molecule has 1 fully saturated rings. The predicted molar refractivity (Wildman–Crippen MR) is 79.0 cm³/mol. The van der Waals surface area contributed by atoms with E-state index in [4.69, 9.17) is 13.9 Å². The van der Waals surface area contributed by atoms with Crippen LogP contribution in [0.3, 0.4) is 0 Å². The highest BCUT2D eigenvalue weighted by atomic mass is 16.5. The van der Waals surface area contributed by atoms with Gasteiger partial charge in [-0.25, -0.2) is 0 Å². The molecule has 22 heavy (non-hydrogen) atoms. The second-order valence-corrected chi connectivity index (χ2v) is 5.29. The Bertz CT molecular complexity index is 465. The zero-order chi connectivity index (χ0) is 15.8. The molecule has 0 aliphatic carbocycles. The zero-order valence-corrected chi connectivity index (χ0v) is 13.0. The number of amides is 1. The van der Waals surface area contributed by atoms with Gasteiger partial charge in [-0.15, -0.1) is 0 Å². The van der Waals surface area contributed by atoms with Crippen LogP contribution >= 0.6 is 0 Å². The minimum atomic E-state index is -0.342. The van der Waals surface area contributed by atoms with Crippen LogP contribution in [-0.2, 0) is 25.6 Å². The summed E-state index contributed by atoms with van der Waals surface area (Å²) in [6.07, 6.45) is 3.89.